The Morgan fingerprint density at radius 1 is 1.00 bits per heavy atom. The lowest BCUT2D eigenvalue weighted by Gasteiger charge is -2.23. The molecule has 0 saturated heterocycles. The van der Waals surface area contributed by atoms with Crippen LogP contribution in [0.1, 0.15) is 30.6 Å². The van der Waals surface area contributed by atoms with Crippen LogP contribution in [0.15, 0.2) is 60.7 Å². The van der Waals surface area contributed by atoms with Gasteiger partial charge in [0.2, 0.25) is 0 Å². The lowest BCUT2D eigenvalue weighted by molar-refractivity contribution is 0.161. The van der Waals surface area contributed by atoms with Gasteiger partial charge in [-0.25, -0.2) is 0 Å². The predicted molar refractivity (Wildman–Crippen MR) is 81.5 cm³/mol. The smallest absolute Gasteiger partial charge is 0.0951 e. The molecule has 1 aliphatic rings. The SMILES string of the molecule is C[C@@]1(c2ccccc2)C[C@@]1(Br)[C@H](O)c1ccccc1. The van der Waals surface area contributed by atoms with E-state index >= 15 is 0 Å². The Morgan fingerprint density at radius 3 is 2.11 bits per heavy atom. The van der Waals surface area contributed by atoms with Gasteiger partial charge in [-0.2, -0.15) is 0 Å². The van der Waals surface area contributed by atoms with Gasteiger partial charge in [-0.15, -0.1) is 0 Å². The molecule has 1 aliphatic carbocycles. The van der Waals surface area contributed by atoms with E-state index in [-0.39, 0.29) is 9.74 Å². The fourth-order valence-corrected chi connectivity index (χ4v) is 3.97. The normalized spacial score (nSPS) is 30.9. The van der Waals surface area contributed by atoms with E-state index in [0.717, 1.165) is 12.0 Å². The number of alkyl halides is 1. The van der Waals surface area contributed by atoms with E-state index in [0.29, 0.717) is 0 Å². The van der Waals surface area contributed by atoms with Gasteiger partial charge in [-0.05, 0) is 17.5 Å². The van der Waals surface area contributed by atoms with Crippen LogP contribution >= 0.6 is 15.9 Å². The second kappa shape index (κ2) is 4.46. The zero-order valence-electron chi connectivity index (χ0n) is 10.9. The molecule has 1 nitrogen and oxygen atoms in total. The van der Waals surface area contributed by atoms with Gasteiger partial charge in [-0.1, -0.05) is 83.5 Å². The molecule has 1 fully saturated rings. The third kappa shape index (κ3) is 1.94. The molecule has 3 atom stereocenters. The van der Waals surface area contributed by atoms with E-state index in [1.165, 1.54) is 5.56 Å². The predicted octanol–water partition coefficient (Wildman–Crippen LogP) is 4.22. The topological polar surface area (TPSA) is 20.2 Å². The van der Waals surface area contributed by atoms with Crippen LogP contribution in [0.5, 0.6) is 0 Å². The third-order valence-corrected chi connectivity index (χ3v) is 5.95. The average Bonchev–Trinajstić information content (AvgIpc) is 3.05. The summed E-state index contributed by atoms with van der Waals surface area (Å²) in [6, 6.07) is 20.3. The minimum absolute atomic E-state index is 0.0104. The summed E-state index contributed by atoms with van der Waals surface area (Å²) in [5, 5.41) is 10.7. The summed E-state index contributed by atoms with van der Waals surface area (Å²) in [6.07, 6.45) is 0.457. The van der Waals surface area contributed by atoms with E-state index < -0.39 is 6.10 Å². The molecule has 0 aliphatic heterocycles. The molecular formula is C17H17BrO. The molecule has 1 saturated carbocycles. The Morgan fingerprint density at radius 2 is 1.53 bits per heavy atom. The summed E-state index contributed by atoms with van der Waals surface area (Å²) in [4.78, 5) is 0. The Kier molecular flexibility index (Phi) is 3.03. The van der Waals surface area contributed by atoms with E-state index in [2.05, 4.69) is 47.1 Å². The van der Waals surface area contributed by atoms with Gasteiger partial charge < -0.3 is 5.11 Å². The van der Waals surface area contributed by atoms with Crippen molar-refractivity contribution in [1.29, 1.82) is 0 Å². The van der Waals surface area contributed by atoms with Crippen molar-refractivity contribution < 1.29 is 5.11 Å². The average molecular weight is 317 g/mol. The first-order valence-electron chi connectivity index (χ1n) is 6.55. The van der Waals surface area contributed by atoms with Crippen LogP contribution in [0.25, 0.3) is 0 Å². The quantitative estimate of drug-likeness (QED) is 0.841. The Balaban J connectivity index is 1.91. The maximum atomic E-state index is 10.7. The molecule has 0 amide bonds. The molecule has 3 rings (SSSR count). The summed E-state index contributed by atoms with van der Waals surface area (Å²) in [7, 11) is 0. The van der Waals surface area contributed by atoms with Gasteiger partial charge in [0.1, 0.15) is 0 Å². The molecule has 0 unspecified atom stereocenters. The molecule has 2 heteroatoms. The Hall–Kier alpha value is -1.12. The largest absolute Gasteiger partial charge is 0.387 e. The molecule has 0 bridgehead atoms. The zero-order chi connectivity index (χ0) is 13.5. The number of hydrogen-bond donors (Lipinski definition) is 1. The van der Waals surface area contributed by atoms with Crippen LogP contribution < -0.4 is 0 Å². The zero-order valence-corrected chi connectivity index (χ0v) is 12.5. The van der Waals surface area contributed by atoms with E-state index in [1.54, 1.807) is 0 Å². The van der Waals surface area contributed by atoms with E-state index in [4.69, 9.17) is 0 Å². The molecule has 0 radical (unpaired) electrons. The highest BCUT2D eigenvalue weighted by Crippen LogP contribution is 2.68. The highest BCUT2D eigenvalue weighted by Gasteiger charge is 2.67. The summed E-state index contributed by atoms with van der Waals surface area (Å²) in [6.45, 7) is 2.21. The van der Waals surface area contributed by atoms with Crippen LogP contribution in [-0.2, 0) is 5.41 Å². The molecule has 0 aromatic heterocycles. The fraction of sp³-hybridized carbons (Fsp3) is 0.294. The van der Waals surface area contributed by atoms with Gasteiger partial charge in [0.25, 0.3) is 0 Å². The van der Waals surface area contributed by atoms with Crippen LogP contribution in [0, 0.1) is 0 Å². The van der Waals surface area contributed by atoms with Gasteiger partial charge >= 0.3 is 0 Å². The lowest BCUT2D eigenvalue weighted by atomic mass is 9.91. The third-order valence-electron chi connectivity index (χ3n) is 4.36. The summed E-state index contributed by atoms with van der Waals surface area (Å²) in [5.74, 6) is 0. The van der Waals surface area contributed by atoms with Crippen molar-refractivity contribution in [3.8, 4) is 0 Å². The maximum Gasteiger partial charge on any atom is 0.0951 e. The van der Waals surface area contributed by atoms with Crippen molar-refractivity contribution in [3.05, 3.63) is 71.8 Å². The number of benzene rings is 2. The maximum absolute atomic E-state index is 10.7. The second-order valence-electron chi connectivity index (χ2n) is 5.55. The molecule has 1 N–H and O–H groups in total. The molecule has 2 aromatic carbocycles. The highest BCUT2D eigenvalue weighted by atomic mass is 79.9. The number of aliphatic hydroxyl groups is 1. The molecule has 98 valence electrons. The molecule has 0 spiro atoms. The van der Waals surface area contributed by atoms with Crippen LogP contribution in [0.3, 0.4) is 0 Å². The number of halogens is 1. The van der Waals surface area contributed by atoms with Crippen molar-refractivity contribution in [1.82, 2.24) is 0 Å². The lowest BCUT2D eigenvalue weighted by Crippen LogP contribution is -2.23. The van der Waals surface area contributed by atoms with E-state index in [1.807, 2.05) is 36.4 Å². The van der Waals surface area contributed by atoms with Crippen LogP contribution in [0.4, 0.5) is 0 Å². The summed E-state index contributed by atoms with van der Waals surface area (Å²) < 4.78 is -0.261. The van der Waals surface area contributed by atoms with Gasteiger partial charge in [0.05, 0.1) is 10.4 Å². The van der Waals surface area contributed by atoms with Crippen molar-refractivity contribution in [2.24, 2.45) is 0 Å². The summed E-state index contributed by atoms with van der Waals surface area (Å²) in [5.41, 5.74) is 2.24. The van der Waals surface area contributed by atoms with Crippen molar-refractivity contribution in [2.75, 3.05) is 0 Å². The molecule has 19 heavy (non-hydrogen) atoms. The summed E-state index contributed by atoms with van der Waals surface area (Å²) >= 11 is 3.80. The van der Waals surface area contributed by atoms with Gasteiger partial charge in [0, 0.05) is 5.41 Å². The van der Waals surface area contributed by atoms with Crippen molar-refractivity contribution >= 4 is 15.9 Å². The van der Waals surface area contributed by atoms with Gasteiger partial charge in [-0.3, -0.25) is 0 Å². The van der Waals surface area contributed by atoms with Gasteiger partial charge in [0.15, 0.2) is 0 Å². The monoisotopic (exact) mass is 316 g/mol. The van der Waals surface area contributed by atoms with Crippen molar-refractivity contribution in [3.63, 3.8) is 0 Å². The second-order valence-corrected chi connectivity index (χ2v) is 6.97. The van der Waals surface area contributed by atoms with Crippen molar-refractivity contribution in [2.45, 2.75) is 29.2 Å². The number of rotatable bonds is 3. The molecule has 2 aromatic rings. The fourth-order valence-electron chi connectivity index (χ4n) is 2.92. The van der Waals surface area contributed by atoms with Crippen LogP contribution in [0.2, 0.25) is 0 Å². The minimum Gasteiger partial charge on any atom is -0.387 e. The first-order valence-corrected chi connectivity index (χ1v) is 7.35. The standard InChI is InChI=1S/C17H17BrO/c1-16(14-10-6-3-7-11-14)12-17(16,18)15(19)13-8-4-2-5-9-13/h2-11,15,19H,12H2,1H3/t15-,16+,17-/m1/s1. The molecule has 0 heterocycles. The highest BCUT2D eigenvalue weighted by molar-refractivity contribution is 9.10. The minimum atomic E-state index is -0.487. The first-order chi connectivity index (χ1) is 9.08. The Labute approximate surface area is 122 Å². The van der Waals surface area contributed by atoms with Crippen LogP contribution in [-0.4, -0.2) is 9.43 Å². The Bertz CT molecular complexity index is 568. The number of hydrogen-bond acceptors (Lipinski definition) is 1. The number of aliphatic hydroxyl groups excluding tert-OH is 1. The first kappa shape index (κ1) is 12.9. The van der Waals surface area contributed by atoms with E-state index in [9.17, 15) is 5.11 Å². The molecular weight excluding hydrogens is 300 g/mol.